The Kier molecular flexibility index (Phi) is 3.81. The molecule has 2 aliphatic rings. The minimum absolute atomic E-state index is 0.149. The molecule has 2 fully saturated rings. The fraction of sp³-hybridized carbons (Fsp3) is 0.500. The van der Waals surface area contributed by atoms with Gasteiger partial charge in [0.1, 0.15) is 5.82 Å². The monoisotopic (exact) mass is 354 g/mol. The van der Waals surface area contributed by atoms with Crippen LogP contribution in [0.25, 0.3) is 10.9 Å². The molecule has 5 rings (SSSR count). The van der Waals surface area contributed by atoms with Crippen molar-refractivity contribution in [2.75, 3.05) is 13.1 Å². The first-order valence-electron chi connectivity index (χ1n) is 9.53. The lowest BCUT2D eigenvalue weighted by Crippen LogP contribution is -2.35. The van der Waals surface area contributed by atoms with Crippen molar-refractivity contribution in [3.05, 3.63) is 47.5 Å². The number of likely N-dealkylation sites (tertiary alicyclic amines) is 1. The van der Waals surface area contributed by atoms with Gasteiger partial charge >= 0.3 is 0 Å². The number of benzene rings is 1. The molecule has 3 aromatic rings. The van der Waals surface area contributed by atoms with Gasteiger partial charge in [-0.15, -0.1) is 0 Å². The summed E-state index contributed by atoms with van der Waals surface area (Å²) in [5, 5.41) is 5.16. The number of aromatic nitrogens is 3. The number of aromatic amines is 1. The van der Waals surface area contributed by atoms with E-state index in [4.69, 9.17) is 4.52 Å². The van der Waals surface area contributed by atoms with Crippen molar-refractivity contribution >= 4 is 10.9 Å². The van der Waals surface area contributed by atoms with Gasteiger partial charge in [-0.2, -0.15) is 4.98 Å². The van der Waals surface area contributed by atoms with Crippen LogP contribution in [0.15, 0.2) is 28.9 Å². The number of nitrogens with zero attached hydrogens (tertiary/aromatic N) is 3. The number of rotatable bonds is 4. The van der Waals surface area contributed by atoms with Crippen LogP contribution in [0.1, 0.15) is 67.8 Å². The Morgan fingerprint density at radius 2 is 2.00 bits per heavy atom. The maximum atomic E-state index is 13.6. The molecule has 5 nitrogen and oxygen atoms in total. The van der Waals surface area contributed by atoms with E-state index in [-0.39, 0.29) is 11.9 Å². The zero-order valence-corrected chi connectivity index (χ0v) is 14.9. The van der Waals surface area contributed by atoms with Crippen LogP contribution in [0, 0.1) is 5.82 Å². The second kappa shape index (κ2) is 6.20. The van der Waals surface area contributed by atoms with Gasteiger partial charge in [0.25, 0.3) is 0 Å². The van der Waals surface area contributed by atoms with Crippen LogP contribution < -0.4 is 0 Å². The standard InChI is InChI=1S/C20H23FN4O/c1-12(20-23-19(24-26-20)14-2-3-14)25-8-6-13(7-9-25)17-11-22-18-5-4-15(21)10-16(17)18/h4-5,10-14,22H,2-3,6-9H2,1H3. The van der Waals surface area contributed by atoms with Crippen molar-refractivity contribution in [2.45, 2.75) is 50.5 Å². The van der Waals surface area contributed by atoms with Crippen molar-refractivity contribution in [3.63, 3.8) is 0 Å². The van der Waals surface area contributed by atoms with Crippen LogP contribution in [-0.2, 0) is 0 Å². The molecule has 0 bridgehead atoms. The summed E-state index contributed by atoms with van der Waals surface area (Å²) in [7, 11) is 0. The van der Waals surface area contributed by atoms with E-state index >= 15 is 0 Å². The Morgan fingerprint density at radius 3 is 2.77 bits per heavy atom. The summed E-state index contributed by atoms with van der Waals surface area (Å²) in [4.78, 5) is 10.3. The summed E-state index contributed by atoms with van der Waals surface area (Å²) in [6, 6.07) is 5.12. The van der Waals surface area contributed by atoms with E-state index in [9.17, 15) is 4.39 Å². The van der Waals surface area contributed by atoms with Crippen molar-refractivity contribution in [1.82, 2.24) is 20.0 Å². The molecule has 1 aromatic carbocycles. The van der Waals surface area contributed by atoms with Gasteiger partial charge in [0, 0.05) is 23.0 Å². The lowest BCUT2D eigenvalue weighted by atomic mass is 9.88. The van der Waals surface area contributed by atoms with Gasteiger partial charge in [0.2, 0.25) is 5.89 Å². The molecule has 3 heterocycles. The molecule has 0 spiro atoms. The van der Waals surface area contributed by atoms with Gasteiger partial charge in [0.15, 0.2) is 5.82 Å². The molecule has 1 saturated carbocycles. The van der Waals surface area contributed by atoms with E-state index < -0.39 is 0 Å². The minimum atomic E-state index is -0.174. The molecule has 26 heavy (non-hydrogen) atoms. The second-order valence-corrected chi connectivity index (χ2v) is 7.69. The van der Waals surface area contributed by atoms with E-state index in [1.165, 1.54) is 24.5 Å². The third kappa shape index (κ3) is 2.82. The highest BCUT2D eigenvalue weighted by molar-refractivity contribution is 5.83. The fourth-order valence-corrected chi connectivity index (χ4v) is 4.13. The molecule has 136 valence electrons. The first-order chi connectivity index (χ1) is 12.7. The quantitative estimate of drug-likeness (QED) is 0.749. The van der Waals surface area contributed by atoms with E-state index in [0.29, 0.717) is 11.8 Å². The lowest BCUT2D eigenvalue weighted by molar-refractivity contribution is 0.136. The Labute approximate surface area is 151 Å². The molecule has 1 unspecified atom stereocenters. The molecule has 1 aliphatic carbocycles. The number of piperidine rings is 1. The Bertz CT molecular complexity index is 921. The minimum Gasteiger partial charge on any atom is -0.361 e. The zero-order valence-electron chi connectivity index (χ0n) is 14.9. The second-order valence-electron chi connectivity index (χ2n) is 7.69. The zero-order chi connectivity index (χ0) is 17.7. The summed E-state index contributed by atoms with van der Waals surface area (Å²) >= 11 is 0. The Hall–Kier alpha value is -2.21. The van der Waals surface area contributed by atoms with E-state index in [1.807, 2.05) is 12.3 Å². The van der Waals surface area contributed by atoms with Crippen molar-refractivity contribution in [1.29, 1.82) is 0 Å². The predicted molar refractivity (Wildman–Crippen MR) is 96.5 cm³/mol. The molecular weight excluding hydrogens is 331 g/mol. The van der Waals surface area contributed by atoms with Crippen LogP contribution in [0.5, 0.6) is 0 Å². The number of H-pyrrole nitrogens is 1. The molecule has 1 saturated heterocycles. The fourth-order valence-electron chi connectivity index (χ4n) is 4.13. The van der Waals surface area contributed by atoms with Gasteiger partial charge < -0.3 is 9.51 Å². The number of hydrogen-bond donors (Lipinski definition) is 1. The lowest BCUT2D eigenvalue weighted by Gasteiger charge is -2.34. The van der Waals surface area contributed by atoms with Crippen molar-refractivity contribution < 1.29 is 8.91 Å². The SMILES string of the molecule is CC(c1nc(C2CC2)no1)N1CCC(c2c[nH]c3ccc(F)cc23)CC1. The highest BCUT2D eigenvalue weighted by Gasteiger charge is 2.32. The van der Waals surface area contributed by atoms with Gasteiger partial charge in [0.05, 0.1) is 6.04 Å². The summed E-state index contributed by atoms with van der Waals surface area (Å²) in [6.45, 7) is 4.11. The predicted octanol–water partition coefficient (Wildman–Crippen LogP) is 4.51. The van der Waals surface area contributed by atoms with E-state index in [1.54, 1.807) is 6.07 Å². The van der Waals surface area contributed by atoms with E-state index in [0.717, 1.165) is 48.5 Å². The Balaban J connectivity index is 1.28. The Morgan fingerprint density at radius 1 is 1.19 bits per heavy atom. The van der Waals surface area contributed by atoms with Gasteiger partial charge in [-0.1, -0.05) is 5.16 Å². The van der Waals surface area contributed by atoms with Gasteiger partial charge in [-0.3, -0.25) is 4.90 Å². The van der Waals surface area contributed by atoms with Crippen molar-refractivity contribution in [3.8, 4) is 0 Å². The topological polar surface area (TPSA) is 58.0 Å². The summed E-state index contributed by atoms with van der Waals surface area (Å²) in [6.07, 6.45) is 6.52. The van der Waals surface area contributed by atoms with Crippen LogP contribution in [0.4, 0.5) is 4.39 Å². The highest BCUT2D eigenvalue weighted by Crippen LogP contribution is 2.39. The maximum Gasteiger partial charge on any atom is 0.243 e. The summed E-state index contributed by atoms with van der Waals surface area (Å²) < 4.78 is 19.1. The average Bonchev–Trinajstić information content (AvgIpc) is 3.25. The van der Waals surface area contributed by atoms with Crippen LogP contribution in [-0.4, -0.2) is 33.1 Å². The molecular formula is C20H23FN4O. The molecule has 2 aromatic heterocycles. The maximum absolute atomic E-state index is 13.6. The third-order valence-electron chi connectivity index (χ3n) is 5.95. The summed E-state index contributed by atoms with van der Waals surface area (Å²) in [5.74, 6) is 2.42. The highest BCUT2D eigenvalue weighted by atomic mass is 19.1. The molecule has 1 N–H and O–H groups in total. The average molecular weight is 354 g/mol. The van der Waals surface area contributed by atoms with Crippen LogP contribution >= 0.6 is 0 Å². The number of fused-ring (bicyclic) bond motifs is 1. The number of nitrogens with one attached hydrogen (secondary N) is 1. The normalized spacial score (nSPS) is 20.7. The molecule has 0 radical (unpaired) electrons. The van der Waals surface area contributed by atoms with Crippen LogP contribution in [0.2, 0.25) is 0 Å². The van der Waals surface area contributed by atoms with E-state index in [2.05, 4.69) is 26.9 Å². The van der Waals surface area contributed by atoms with Crippen molar-refractivity contribution in [2.24, 2.45) is 0 Å². The number of halogens is 1. The van der Waals surface area contributed by atoms with Gasteiger partial charge in [-0.05, 0) is 75.4 Å². The number of hydrogen-bond acceptors (Lipinski definition) is 4. The molecule has 1 aliphatic heterocycles. The first kappa shape index (κ1) is 16.0. The third-order valence-corrected chi connectivity index (χ3v) is 5.95. The first-order valence-corrected chi connectivity index (χ1v) is 9.53. The van der Waals surface area contributed by atoms with Crippen LogP contribution in [0.3, 0.4) is 0 Å². The molecule has 0 amide bonds. The largest absolute Gasteiger partial charge is 0.361 e. The van der Waals surface area contributed by atoms with Gasteiger partial charge in [-0.25, -0.2) is 4.39 Å². The smallest absolute Gasteiger partial charge is 0.243 e. The summed E-state index contributed by atoms with van der Waals surface area (Å²) in [5.41, 5.74) is 2.25. The molecule has 1 atom stereocenters. The molecule has 6 heteroatoms.